The normalized spacial score (nSPS) is 22.6. The van der Waals surface area contributed by atoms with Gasteiger partial charge in [0.05, 0.1) is 17.0 Å². The van der Waals surface area contributed by atoms with Gasteiger partial charge in [-0.25, -0.2) is 18.7 Å². The van der Waals surface area contributed by atoms with E-state index in [2.05, 4.69) is 20.6 Å². The lowest BCUT2D eigenvalue weighted by molar-refractivity contribution is -0.138. The average Bonchev–Trinajstić information content (AvgIpc) is 3.16. The molecule has 2 fully saturated rings. The van der Waals surface area contributed by atoms with Crippen LogP contribution in [0.2, 0.25) is 0 Å². The van der Waals surface area contributed by atoms with Crippen molar-refractivity contribution < 1.29 is 36.6 Å². The van der Waals surface area contributed by atoms with Crippen LogP contribution in [0.3, 0.4) is 0 Å². The van der Waals surface area contributed by atoms with E-state index >= 15 is 0 Å². The molecule has 3 N–H and O–H groups in total. The number of nitrogens with one attached hydrogen (secondary N) is 2. The zero-order valence-electron chi connectivity index (χ0n) is 19.3. The van der Waals surface area contributed by atoms with Gasteiger partial charge in [-0.2, -0.15) is 13.2 Å². The van der Waals surface area contributed by atoms with E-state index < -0.39 is 54.0 Å². The van der Waals surface area contributed by atoms with Crippen molar-refractivity contribution in [3.8, 4) is 10.4 Å². The molecule has 1 aliphatic carbocycles. The Labute approximate surface area is 206 Å². The maximum atomic E-state index is 14.1. The van der Waals surface area contributed by atoms with Crippen LogP contribution in [-0.4, -0.2) is 68.7 Å². The molecule has 14 heteroatoms. The van der Waals surface area contributed by atoms with Gasteiger partial charge < -0.3 is 20.6 Å². The van der Waals surface area contributed by atoms with Crippen molar-refractivity contribution in [2.45, 2.75) is 69.9 Å². The number of likely N-dealkylation sites (tertiary alicyclic amines) is 1. The molecule has 1 aliphatic heterocycles. The highest BCUT2D eigenvalue weighted by Crippen LogP contribution is 2.39. The minimum absolute atomic E-state index is 0.0289. The first-order valence-electron chi connectivity index (χ1n) is 11.3. The number of hydrogen-bond donors (Lipinski definition) is 3. The van der Waals surface area contributed by atoms with Gasteiger partial charge in [-0.15, -0.1) is 11.3 Å². The molecule has 2 aromatic rings. The Morgan fingerprint density at radius 1 is 1.31 bits per heavy atom. The number of aliphatic hydroxyl groups is 1. The molecule has 0 unspecified atom stereocenters. The Hall–Kier alpha value is -2.87. The quantitative estimate of drug-likeness (QED) is 0.465. The van der Waals surface area contributed by atoms with Crippen molar-refractivity contribution >= 4 is 29.0 Å². The fourth-order valence-electron chi connectivity index (χ4n) is 3.91. The number of halogens is 5. The van der Waals surface area contributed by atoms with Crippen LogP contribution < -0.4 is 10.6 Å². The number of anilines is 1. The Morgan fingerprint density at radius 3 is 2.56 bits per heavy atom. The van der Waals surface area contributed by atoms with Crippen molar-refractivity contribution in [2.24, 2.45) is 0 Å². The Morgan fingerprint density at radius 2 is 2.00 bits per heavy atom. The number of nitrogens with zero attached hydrogens (tertiary/aromatic N) is 3. The molecule has 196 valence electrons. The molecular weight excluding hydrogens is 509 g/mol. The van der Waals surface area contributed by atoms with Crippen LogP contribution in [0.1, 0.15) is 65.4 Å². The molecule has 2 amide bonds. The largest absolute Gasteiger partial charge is 0.408 e. The summed E-state index contributed by atoms with van der Waals surface area (Å²) >= 11 is 0.710. The predicted octanol–water partition coefficient (Wildman–Crippen LogP) is 3.99. The fourth-order valence-corrected chi connectivity index (χ4v) is 4.90. The molecule has 0 radical (unpaired) electrons. The van der Waals surface area contributed by atoms with Gasteiger partial charge >= 0.3 is 6.18 Å². The lowest BCUT2D eigenvalue weighted by atomic mass is 10.1. The molecule has 36 heavy (non-hydrogen) atoms. The van der Waals surface area contributed by atoms with E-state index in [4.69, 9.17) is 0 Å². The predicted molar refractivity (Wildman–Crippen MR) is 121 cm³/mol. The van der Waals surface area contributed by atoms with Crippen LogP contribution in [0.15, 0.2) is 12.3 Å². The van der Waals surface area contributed by atoms with Crippen LogP contribution in [0.5, 0.6) is 0 Å². The number of aromatic nitrogens is 2. The summed E-state index contributed by atoms with van der Waals surface area (Å²) in [4.78, 5) is 35.5. The monoisotopic (exact) mass is 533 g/mol. The molecule has 4 rings (SSSR count). The second-order valence-corrected chi connectivity index (χ2v) is 9.93. The number of rotatable bonds is 7. The van der Waals surface area contributed by atoms with Gasteiger partial charge in [0, 0.05) is 29.9 Å². The van der Waals surface area contributed by atoms with Gasteiger partial charge in [0.25, 0.3) is 18.2 Å². The summed E-state index contributed by atoms with van der Waals surface area (Å²) < 4.78 is 66.9. The van der Waals surface area contributed by atoms with Gasteiger partial charge in [0.2, 0.25) is 0 Å². The lowest BCUT2D eigenvalue weighted by Crippen LogP contribution is -2.34. The van der Waals surface area contributed by atoms with Gasteiger partial charge in [0.1, 0.15) is 17.6 Å². The number of alkyl halides is 5. The zero-order valence-corrected chi connectivity index (χ0v) is 20.1. The first-order valence-corrected chi connectivity index (χ1v) is 12.1. The molecule has 2 aromatic heterocycles. The molecule has 8 nitrogen and oxygen atoms in total. The summed E-state index contributed by atoms with van der Waals surface area (Å²) in [5, 5.41) is 14.0. The van der Waals surface area contributed by atoms with Gasteiger partial charge in [-0.05, 0) is 39.2 Å². The third-order valence-electron chi connectivity index (χ3n) is 6.18. The van der Waals surface area contributed by atoms with E-state index in [9.17, 15) is 36.6 Å². The summed E-state index contributed by atoms with van der Waals surface area (Å²) in [6.07, 6.45) is -5.59. The zero-order chi connectivity index (χ0) is 26.4. The van der Waals surface area contributed by atoms with Crippen molar-refractivity contribution in [3.05, 3.63) is 28.5 Å². The maximum Gasteiger partial charge on any atom is 0.408 e. The first kappa shape index (κ1) is 26.2. The number of carbonyl (C=O) groups is 2. The highest BCUT2D eigenvalue weighted by atomic mass is 32.1. The number of aliphatic hydroxyl groups excluding tert-OH is 1. The minimum Gasteiger partial charge on any atom is -0.391 e. The van der Waals surface area contributed by atoms with Gasteiger partial charge in [-0.1, -0.05) is 0 Å². The van der Waals surface area contributed by atoms with Crippen molar-refractivity contribution in [2.75, 3.05) is 11.9 Å². The van der Waals surface area contributed by atoms with E-state index in [1.807, 2.05) is 6.92 Å². The molecule has 0 bridgehead atoms. The van der Waals surface area contributed by atoms with Crippen molar-refractivity contribution in [1.82, 2.24) is 20.2 Å². The van der Waals surface area contributed by atoms with Crippen LogP contribution in [0.4, 0.5) is 27.8 Å². The standard InChI is InChI=1S/C22H24F5N5O3S/c1-9-4-3-5-32(9)21(35)16-17(36-20(31-16)19(34)30-13-7-14(13)33)12-8-28-15(6-11(12)18(23)24)29-10(2)22(25,26)27/h6,8-10,13-14,18,33H,3-5,7H2,1-2H3,(H,28,29)(H,30,34)/t9-,10-,13-,14-/m0/s1. The SMILES string of the molecule is C[C@H](Nc1cc(C(F)F)c(-c2sc(C(=O)N[C@H]3C[C@@H]3O)nc2C(=O)N2CCC[C@@H]2C)cn1)C(F)(F)F. The molecule has 0 spiro atoms. The molecule has 4 atom stereocenters. The molecular formula is C22H24F5N5O3S. The summed E-state index contributed by atoms with van der Waals surface area (Å²) in [5.74, 6) is -1.62. The van der Waals surface area contributed by atoms with Gasteiger partial charge in [-0.3, -0.25) is 9.59 Å². The Bertz CT molecular complexity index is 1160. The van der Waals surface area contributed by atoms with Crippen LogP contribution in [0, 0.1) is 0 Å². The number of amides is 2. The molecule has 1 saturated heterocycles. The van der Waals surface area contributed by atoms with Crippen molar-refractivity contribution in [1.29, 1.82) is 0 Å². The van der Waals surface area contributed by atoms with Crippen LogP contribution >= 0.6 is 11.3 Å². The second kappa shape index (κ2) is 9.88. The molecule has 1 saturated carbocycles. The summed E-state index contributed by atoms with van der Waals surface area (Å²) in [5.41, 5.74) is -1.06. The highest BCUT2D eigenvalue weighted by molar-refractivity contribution is 7.17. The van der Waals surface area contributed by atoms with E-state index in [1.165, 1.54) is 0 Å². The van der Waals surface area contributed by atoms with Crippen LogP contribution in [0.25, 0.3) is 10.4 Å². The molecule has 2 aliphatic rings. The molecule has 0 aromatic carbocycles. The third kappa shape index (κ3) is 5.43. The van der Waals surface area contributed by atoms with E-state index in [-0.39, 0.29) is 27.2 Å². The molecule has 3 heterocycles. The fraction of sp³-hybridized carbons (Fsp3) is 0.545. The third-order valence-corrected chi connectivity index (χ3v) is 7.27. The smallest absolute Gasteiger partial charge is 0.391 e. The minimum atomic E-state index is -4.62. The number of pyridine rings is 1. The summed E-state index contributed by atoms with van der Waals surface area (Å²) in [7, 11) is 0. The number of hydrogen-bond acceptors (Lipinski definition) is 7. The topological polar surface area (TPSA) is 107 Å². The van der Waals surface area contributed by atoms with Crippen molar-refractivity contribution in [3.63, 3.8) is 0 Å². The van der Waals surface area contributed by atoms with Gasteiger partial charge in [0.15, 0.2) is 5.01 Å². The van der Waals surface area contributed by atoms with E-state index in [0.717, 1.165) is 32.0 Å². The lowest BCUT2D eigenvalue weighted by Gasteiger charge is -2.21. The first-order chi connectivity index (χ1) is 16.9. The average molecular weight is 534 g/mol. The second-order valence-electron chi connectivity index (χ2n) is 8.93. The highest BCUT2D eigenvalue weighted by Gasteiger charge is 2.39. The van der Waals surface area contributed by atoms with E-state index in [1.54, 1.807) is 4.90 Å². The van der Waals surface area contributed by atoms with Crippen LogP contribution in [-0.2, 0) is 0 Å². The number of thiazole rings is 1. The summed E-state index contributed by atoms with van der Waals surface area (Å²) in [6.45, 7) is 3.11. The van der Waals surface area contributed by atoms with E-state index in [0.29, 0.717) is 24.3 Å². The summed E-state index contributed by atoms with van der Waals surface area (Å²) in [6, 6.07) is -1.81. The maximum absolute atomic E-state index is 14.1. The number of carbonyl (C=O) groups excluding carboxylic acids is 2. The Kier molecular flexibility index (Phi) is 7.19. The Balaban J connectivity index is 1.75.